The molecule has 8 atom stereocenters. The van der Waals surface area contributed by atoms with Crippen molar-refractivity contribution in [2.45, 2.75) is 117 Å². The van der Waals surface area contributed by atoms with E-state index in [2.05, 4.69) is 31.7 Å². The van der Waals surface area contributed by atoms with Crippen molar-refractivity contribution in [1.82, 2.24) is 9.80 Å². The zero-order valence-corrected chi connectivity index (χ0v) is 24.2. The lowest BCUT2D eigenvalue weighted by Gasteiger charge is -2.58. The molecule has 1 aliphatic heterocycles. The van der Waals surface area contributed by atoms with Crippen LogP contribution in [0, 0.1) is 40.4 Å². The summed E-state index contributed by atoms with van der Waals surface area (Å²) in [5.41, 5.74) is 2.29. The minimum absolute atomic E-state index is 0.118. The van der Waals surface area contributed by atoms with Gasteiger partial charge < -0.3 is 14.9 Å². The van der Waals surface area contributed by atoms with E-state index in [1.807, 2.05) is 11.9 Å². The third kappa shape index (κ3) is 4.80. The van der Waals surface area contributed by atoms with Crippen molar-refractivity contribution < 1.29 is 14.7 Å². The molecule has 0 bridgehead atoms. The maximum atomic E-state index is 13.1. The predicted molar refractivity (Wildman–Crippen MR) is 148 cm³/mol. The summed E-state index contributed by atoms with van der Waals surface area (Å²) in [6.45, 7) is 10.7. The molecule has 0 radical (unpaired) electrons. The lowest BCUT2D eigenvalue weighted by Crippen LogP contribution is -2.50. The normalized spacial score (nSPS) is 40.8. The number of carbonyl (C=O) groups is 2. The topological polar surface area (TPSA) is 60.9 Å². The second-order valence-corrected chi connectivity index (χ2v) is 14.1. The quantitative estimate of drug-likeness (QED) is 0.473. The maximum absolute atomic E-state index is 13.1. The minimum Gasteiger partial charge on any atom is -0.393 e. The van der Waals surface area contributed by atoms with Crippen LogP contribution in [0.3, 0.4) is 0 Å². The molecule has 5 rings (SSSR count). The number of rotatable bonds is 5. The lowest BCUT2D eigenvalue weighted by atomic mass is 9.47. The monoisotopic (exact) mass is 512 g/mol. The molecular formula is C32H52N2O3. The van der Waals surface area contributed by atoms with Crippen molar-refractivity contribution in [1.29, 1.82) is 0 Å². The number of allylic oxidation sites excluding steroid dienone is 1. The van der Waals surface area contributed by atoms with Gasteiger partial charge in [-0.15, -0.1) is 0 Å². The molecule has 4 fully saturated rings. The molecule has 208 valence electrons. The summed E-state index contributed by atoms with van der Waals surface area (Å²) in [7, 11) is 1.89. The van der Waals surface area contributed by atoms with Crippen LogP contribution in [-0.2, 0) is 9.59 Å². The van der Waals surface area contributed by atoms with Crippen molar-refractivity contribution >= 4 is 11.8 Å². The molecule has 1 unspecified atom stereocenters. The number of likely N-dealkylation sites (tertiary alicyclic amines) is 1. The van der Waals surface area contributed by atoms with Crippen molar-refractivity contribution in [3.05, 3.63) is 11.6 Å². The Morgan fingerprint density at radius 3 is 2.51 bits per heavy atom. The van der Waals surface area contributed by atoms with Crippen LogP contribution in [-0.4, -0.2) is 59.0 Å². The van der Waals surface area contributed by atoms with Gasteiger partial charge in [0, 0.05) is 39.5 Å². The van der Waals surface area contributed by atoms with Crippen molar-refractivity contribution in [3.63, 3.8) is 0 Å². The molecule has 0 aromatic carbocycles. The van der Waals surface area contributed by atoms with E-state index in [9.17, 15) is 14.7 Å². The first-order valence-electron chi connectivity index (χ1n) is 15.4. The standard InChI is InChI=1S/C32H52N2O3/c1-21(6-11-30(37)34-18-14-24(15-19-34)33(5)22(2)35)27-9-10-28-26-8-7-23-20-25(36)12-16-31(23,3)29(26)13-17-32(27,28)4/h7,21,24-29,36H,6,8-20H2,1-5H3/t21?,25-,26-,27+,28-,29-,31-,32+/m0/s1. The van der Waals surface area contributed by atoms with Crippen LogP contribution >= 0.6 is 0 Å². The lowest BCUT2D eigenvalue weighted by molar-refractivity contribution is -0.135. The zero-order valence-electron chi connectivity index (χ0n) is 24.2. The Labute approximate surface area is 225 Å². The Morgan fingerprint density at radius 1 is 1.08 bits per heavy atom. The van der Waals surface area contributed by atoms with Gasteiger partial charge in [-0.25, -0.2) is 0 Å². The van der Waals surface area contributed by atoms with E-state index in [0.29, 0.717) is 29.1 Å². The molecule has 0 spiro atoms. The summed E-state index contributed by atoms with van der Waals surface area (Å²) < 4.78 is 0. The molecule has 3 saturated carbocycles. The molecule has 5 aliphatic rings. The van der Waals surface area contributed by atoms with Crippen molar-refractivity contribution in [2.75, 3.05) is 20.1 Å². The van der Waals surface area contributed by atoms with Gasteiger partial charge in [0.15, 0.2) is 0 Å². The smallest absolute Gasteiger partial charge is 0.222 e. The fraction of sp³-hybridized carbons (Fsp3) is 0.875. The molecule has 2 amide bonds. The Hall–Kier alpha value is -1.36. The van der Waals surface area contributed by atoms with Gasteiger partial charge in [-0.3, -0.25) is 9.59 Å². The summed E-state index contributed by atoms with van der Waals surface area (Å²) in [6.07, 6.45) is 15.5. The molecule has 4 aliphatic carbocycles. The fourth-order valence-electron chi connectivity index (χ4n) is 10.1. The summed E-state index contributed by atoms with van der Waals surface area (Å²) in [6, 6.07) is 0.276. The van der Waals surface area contributed by atoms with E-state index in [4.69, 9.17) is 0 Å². The predicted octanol–water partition coefficient (Wildman–Crippen LogP) is 5.81. The molecule has 5 heteroatoms. The largest absolute Gasteiger partial charge is 0.393 e. The highest BCUT2D eigenvalue weighted by Gasteiger charge is 2.59. The van der Waals surface area contributed by atoms with Crippen LogP contribution in [0.4, 0.5) is 0 Å². The van der Waals surface area contributed by atoms with Gasteiger partial charge in [-0.2, -0.15) is 0 Å². The highest BCUT2D eigenvalue weighted by atomic mass is 16.3. The SMILES string of the molecule is CC(=O)N(C)C1CCN(C(=O)CCC(C)[C@H]2CC[C@H]3[C@@H]4CC=C5C[C@@H](O)CC[C@]5(C)[C@H]4CC[C@]23C)CC1. The van der Waals surface area contributed by atoms with E-state index in [1.54, 1.807) is 12.5 Å². The zero-order chi connectivity index (χ0) is 26.5. The number of carbonyl (C=O) groups excluding carboxylic acids is 2. The molecule has 0 aromatic rings. The Morgan fingerprint density at radius 2 is 1.81 bits per heavy atom. The number of aliphatic hydroxyl groups excluding tert-OH is 1. The number of amides is 2. The van der Waals surface area contributed by atoms with Gasteiger partial charge in [0.2, 0.25) is 11.8 Å². The average molecular weight is 513 g/mol. The van der Waals surface area contributed by atoms with E-state index in [0.717, 1.165) is 75.3 Å². The first-order valence-corrected chi connectivity index (χ1v) is 15.4. The summed E-state index contributed by atoms with van der Waals surface area (Å²) in [5.74, 6) is 4.16. The highest BCUT2D eigenvalue weighted by Crippen LogP contribution is 2.67. The number of nitrogens with zero attached hydrogens (tertiary/aromatic N) is 2. The second kappa shape index (κ2) is 10.3. The Kier molecular flexibility index (Phi) is 7.59. The van der Waals surface area contributed by atoms with Crippen LogP contribution in [0.1, 0.15) is 105 Å². The minimum atomic E-state index is -0.127. The molecule has 5 nitrogen and oxygen atoms in total. The molecular weight excluding hydrogens is 460 g/mol. The van der Waals surface area contributed by atoms with Crippen molar-refractivity contribution in [3.8, 4) is 0 Å². The molecule has 1 N–H and O–H groups in total. The number of aliphatic hydroxyl groups is 1. The van der Waals surface area contributed by atoms with Crippen LogP contribution in [0.25, 0.3) is 0 Å². The Bertz CT molecular complexity index is 908. The van der Waals surface area contributed by atoms with E-state index in [1.165, 1.54) is 32.1 Å². The van der Waals surface area contributed by atoms with E-state index in [-0.39, 0.29) is 18.1 Å². The van der Waals surface area contributed by atoms with Gasteiger partial charge in [-0.1, -0.05) is 32.4 Å². The molecule has 1 heterocycles. The third-order valence-corrected chi connectivity index (χ3v) is 12.5. The van der Waals surface area contributed by atoms with E-state index >= 15 is 0 Å². The van der Waals surface area contributed by atoms with Gasteiger partial charge in [0.25, 0.3) is 0 Å². The van der Waals surface area contributed by atoms with Crippen LogP contribution < -0.4 is 0 Å². The Balaban J connectivity index is 1.17. The van der Waals surface area contributed by atoms with Crippen LogP contribution in [0.15, 0.2) is 11.6 Å². The van der Waals surface area contributed by atoms with Gasteiger partial charge in [-0.05, 0) is 111 Å². The number of hydrogen-bond donors (Lipinski definition) is 1. The highest BCUT2D eigenvalue weighted by molar-refractivity contribution is 5.76. The van der Waals surface area contributed by atoms with Gasteiger partial charge in [0.05, 0.1) is 6.10 Å². The van der Waals surface area contributed by atoms with Gasteiger partial charge >= 0.3 is 0 Å². The van der Waals surface area contributed by atoms with Gasteiger partial charge in [0.1, 0.15) is 0 Å². The first-order chi connectivity index (χ1) is 17.5. The van der Waals surface area contributed by atoms with Crippen LogP contribution in [0.5, 0.6) is 0 Å². The number of fused-ring (bicyclic) bond motifs is 5. The molecule has 0 aromatic heterocycles. The molecule has 37 heavy (non-hydrogen) atoms. The number of piperidine rings is 1. The van der Waals surface area contributed by atoms with Crippen LogP contribution in [0.2, 0.25) is 0 Å². The first kappa shape index (κ1) is 27.2. The van der Waals surface area contributed by atoms with E-state index < -0.39 is 0 Å². The molecule has 1 saturated heterocycles. The maximum Gasteiger partial charge on any atom is 0.222 e. The summed E-state index contributed by atoms with van der Waals surface area (Å²) in [5, 5.41) is 10.3. The number of hydrogen-bond acceptors (Lipinski definition) is 3. The third-order valence-electron chi connectivity index (χ3n) is 12.5. The summed E-state index contributed by atoms with van der Waals surface area (Å²) in [4.78, 5) is 28.7. The second-order valence-electron chi connectivity index (χ2n) is 14.1. The average Bonchev–Trinajstić information content (AvgIpc) is 3.24. The fourth-order valence-corrected chi connectivity index (χ4v) is 10.1. The summed E-state index contributed by atoms with van der Waals surface area (Å²) >= 11 is 0. The van der Waals surface area contributed by atoms with Crippen molar-refractivity contribution in [2.24, 2.45) is 40.4 Å².